The van der Waals surface area contributed by atoms with Crippen molar-refractivity contribution in [1.82, 2.24) is 15.1 Å². The average molecular weight is 311 g/mol. The van der Waals surface area contributed by atoms with Gasteiger partial charge in [0.05, 0.1) is 13.2 Å². The fourth-order valence-electron chi connectivity index (χ4n) is 3.80. The highest BCUT2D eigenvalue weighted by atomic mass is 16.5. The Morgan fingerprint density at radius 2 is 2.05 bits per heavy atom. The Labute approximate surface area is 135 Å². The molecule has 0 aromatic carbocycles. The second-order valence-electron chi connectivity index (χ2n) is 7.82. The molecule has 0 bridgehead atoms. The molecule has 128 valence electrons. The predicted octanol–water partition coefficient (Wildman–Crippen LogP) is 1.19. The minimum atomic E-state index is 0.111. The summed E-state index contributed by atoms with van der Waals surface area (Å²) in [5, 5.41) is 3.42. The third-order valence-electron chi connectivity index (χ3n) is 4.77. The van der Waals surface area contributed by atoms with Gasteiger partial charge in [-0.25, -0.2) is 0 Å². The molecule has 5 heteroatoms. The molecule has 0 saturated carbocycles. The molecule has 1 amide bonds. The zero-order valence-electron chi connectivity index (χ0n) is 14.7. The number of nitrogens with zero attached hydrogens (tertiary/aromatic N) is 2. The Morgan fingerprint density at radius 3 is 2.68 bits per heavy atom. The highest BCUT2D eigenvalue weighted by Gasteiger charge is 2.31. The molecular weight excluding hydrogens is 278 g/mol. The number of nitrogens with one attached hydrogen (secondary N) is 1. The maximum absolute atomic E-state index is 12.7. The van der Waals surface area contributed by atoms with E-state index < -0.39 is 0 Å². The maximum atomic E-state index is 12.7. The van der Waals surface area contributed by atoms with Crippen molar-refractivity contribution < 1.29 is 9.53 Å². The van der Waals surface area contributed by atoms with Gasteiger partial charge in [0, 0.05) is 45.2 Å². The van der Waals surface area contributed by atoms with Crippen molar-refractivity contribution in [3.8, 4) is 0 Å². The molecule has 0 radical (unpaired) electrons. The first-order valence-corrected chi connectivity index (χ1v) is 8.66. The molecule has 0 aromatic heterocycles. The van der Waals surface area contributed by atoms with Crippen LogP contribution in [0.5, 0.6) is 0 Å². The van der Waals surface area contributed by atoms with E-state index in [1.54, 1.807) is 0 Å². The number of hydrogen-bond acceptors (Lipinski definition) is 4. The van der Waals surface area contributed by atoms with E-state index in [-0.39, 0.29) is 11.3 Å². The molecule has 2 aliphatic heterocycles. The summed E-state index contributed by atoms with van der Waals surface area (Å²) in [5.41, 5.74) is 0.111. The molecule has 22 heavy (non-hydrogen) atoms. The van der Waals surface area contributed by atoms with Crippen molar-refractivity contribution >= 4 is 5.91 Å². The Bertz CT molecular complexity index is 367. The van der Waals surface area contributed by atoms with E-state index in [2.05, 4.69) is 31.0 Å². The van der Waals surface area contributed by atoms with Gasteiger partial charge in [0.1, 0.15) is 0 Å². The van der Waals surface area contributed by atoms with Crippen molar-refractivity contribution in [2.75, 3.05) is 53.0 Å². The third-order valence-corrected chi connectivity index (χ3v) is 4.77. The van der Waals surface area contributed by atoms with Crippen LogP contribution in [0.2, 0.25) is 0 Å². The lowest BCUT2D eigenvalue weighted by atomic mass is 9.89. The summed E-state index contributed by atoms with van der Waals surface area (Å²) in [7, 11) is 1.97. The lowest BCUT2D eigenvalue weighted by Crippen LogP contribution is -2.48. The molecule has 0 aliphatic carbocycles. The van der Waals surface area contributed by atoms with Gasteiger partial charge in [0.25, 0.3) is 0 Å². The highest BCUT2D eigenvalue weighted by molar-refractivity contribution is 5.78. The van der Waals surface area contributed by atoms with Crippen LogP contribution in [0.1, 0.15) is 33.6 Å². The van der Waals surface area contributed by atoms with Crippen LogP contribution in [-0.4, -0.2) is 74.7 Å². The van der Waals surface area contributed by atoms with Gasteiger partial charge in [-0.15, -0.1) is 0 Å². The van der Waals surface area contributed by atoms with Gasteiger partial charge in [-0.05, 0) is 31.7 Å². The van der Waals surface area contributed by atoms with E-state index in [9.17, 15) is 4.79 Å². The lowest BCUT2D eigenvalue weighted by Gasteiger charge is -2.38. The van der Waals surface area contributed by atoms with Gasteiger partial charge < -0.3 is 15.0 Å². The number of carbonyl (C=O) groups is 1. The van der Waals surface area contributed by atoms with Gasteiger partial charge in [0.2, 0.25) is 5.91 Å². The smallest absolute Gasteiger partial charge is 0.225 e. The number of hydrogen-bond donors (Lipinski definition) is 1. The van der Waals surface area contributed by atoms with E-state index in [0.717, 1.165) is 58.8 Å². The summed E-state index contributed by atoms with van der Waals surface area (Å²) >= 11 is 0. The average Bonchev–Trinajstić information content (AvgIpc) is 2.46. The molecule has 2 atom stereocenters. The largest absolute Gasteiger partial charge is 0.379 e. The normalized spacial score (nSPS) is 27.6. The van der Waals surface area contributed by atoms with Crippen LogP contribution in [0.15, 0.2) is 0 Å². The predicted molar refractivity (Wildman–Crippen MR) is 88.9 cm³/mol. The molecule has 0 spiro atoms. The number of amides is 1. The summed E-state index contributed by atoms with van der Waals surface area (Å²) in [6, 6.07) is 0.456. The third kappa shape index (κ3) is 5.21. The number of morpholine rings is 1. The molecule has 2 aliphatic rings. The van der Waals surface area contributed by atoms with Gasteiger partial charge in [-0.1, -0.05) is 13.8 Å². The fourth-order valence-corrected chi connectivity index (χ4v) is 3.80. The first-order chi connectivity index (χ1) is 10.4. The lowest BCUT2D eigenvalue weighted by molar-refractivity contribution is -0.136. The topological polar surface area (TPSA) is 44.8 Å². The van der Waals surface area contributed by atoms with Gasteiger partial charge in [-0.2, -0.15) is 0 Å². The van der Waals surface area contributed by atoms with Gasteiger partial charge in [0.15, 0.2) is 0 Å². The standard InChI is InChI=1S/C17H33N3O2/c1-14-11-15(5-6-18-14)16(21)19(4)12-17(2,3)13-20-7-9-22-10-8-20/h14-15,18H,5-13H2,1-4H3/t14-,15-/m0/s1. The minimum absolute atomic E-state index is 0.111. The molecule has 0 aromatic rings. The van der Waals surface area contributed by atoms with Crippen molar-refractivity contribution in [3.05, 3.63) is 0 Å². The number of carbonyl (C=O) groups excluding carboxylic acids is 1. The first kappa shape index (κ1) is 17.7. The quantitative estimate of drug-likeness (QED) is 0.828. The zero-order valence-corrected chi connectivity index (χ0v) is 14.7. The highest BCUT2D eigenvalue weighted by Crippen LogP contribution is 2.23. The molecule has 5 nitrogen and oxygen atoms in total. The van der Waals surface area contributed by atoms with Crippen LogP contribution in [0.4, 0.5) is 0 Å². The number of piperidine rings is 1. The van der Waals surface area contributed by atoms with E-state index in [1.165, 1.54) is 0 Å². The molecule has 2 rings (SSSR count). The summed E-state index contributed by atoms with van der Waals surface area (Å²) in [6.45, 7) is 13.2. The van der Waals surface area contributed by atoms with Crippen LogP contribution in [-0.2, 0) is 9.53 Å². The molecule has 0 unspecified atom stereocenters. The Morgan fingerprint density at radius 1 is 1.36 bits per heavy atom. The van der Waals surface area contributed by atoms with Crippen LogP contribution in [0.25, 0.3) is 0 Å². The Kier molecular flexibility index (Phi) is 6.24. The zero-order chi connectivity index (χ0) is 16.2. The van der Waals surface area contributed by atoms with Crippen molar-refractivity contribution in [3.63, 3.8) is 0 Å². The molecule has 2 fully saturated rings. The van der Waals surface area contributed by atoms with Crippen molar-refractivity contribution in [1.29, 1.82) is 0 Å². The summed E-state index contributed by atoms with van der Waals surface area (Å²) in [6.07, 6.45) is 1.93. The first-order valence-electron chi connectivity index (χ1n) is 8.66. The maximum Gasteiger partial charge on any atom is 0.225 e. The second kappa shape index (κ2) is 7.75. The summed E-state index contributed by atoms with van der Waals surface area (Å²) < 4.78 is 5.41. The number of rotatable bonds is 5. The van der Waals surface area contributed by atoms with Crippen LogP contribution in [0, 0.1) is 11.3 Å². The summed E-state index contributed by atoms with van der Waals surface area (Å²) in [5.74, 6) is 0.517. The fraction of sp³-hybridized carbons (Fsp3) is 0.941. The van der Waals surface area contributed by atoms with Crippen molar-refractivity contribution in [2.24, 2.45) is 11.3 Å². The summed E-state index contributed by atoms with van der Waals surface area (Å²) in [4.78, 5) is 17.1. The van der Waals surface area contributed by atoms with Gasteiger partial charge in [-0.3, -0.25) is 9.69 Å². The van der Waals surface area contributed by atoms with E-state index in [0.29, 0.717) is 11.9 Å². The van der Waals surface area contributed by atoms with E-state index in [4.69, 9.17) is 4.74 Å². The molecule has 1 N–H and O–H groups in total. The Balaban J connectivity index is 1.83. The molecular formula is C17H33N3O2. The SMILES string of the molecule is C[C@H]1C[C@@H](C(=O)N(C)CC(C)(C)CN2CCOCC2)CCN1. The second-order valence-corrected chi connectivity index (χ2v) is 7.82. The molecule has 2 heterocycles. The van der Waals surface area contributed by atoms with Gasteiger partial charge >= 0.3 is 0 Å². The van der Waals surface area contributed by atoms with E-state index >= 15 is 0 Å². The van der Waals surface area contributed by atoms with Crippen LogP contribution >= 0.6 is 0 Å². The Hall–Kier alpha value is -0.650. The minimum Gasteiger partial charge on any atom is -0.379 e. The van der Waals surface area contributed by atoms with E-state index in [1.807, 2.05) is 11.9 Å². The monoisotopic (exact) mass is 311 g/mol. The molecule has 2 saturated heterocycles. The van der Waals surface area contributed by atoms with Crippen molar-refractivity contribution in [2.45, 2.75) is 39.7 Å². The number of ether oxygens (including phenoxy) is 1. The van der Waals surface area contributed by atoms with Crippen LogP contribution in [0.3, 0.4) is 0 Å². The van der Waals surface area contributed by atoms with Crippen LogP contribution < -0.4 is 5.32 Å².